The van der Waals surface area contributed by atoms with Crippen LogP contribution < -0.4 is 15.2 Å². The molecule has 154 valence electrons. The Balaban J connectivity index is 0.000000221. The number of methoxy groups -OCH3 is 1. The SMILES string of the molecule is CC(C)c1ncc(C(N)=O)cn1.COc1cc(OC2CCCCC2)ccc1C#N. The minimum Gasteiger partial charge on any atom is -0.495 e. The molecular weight excluding hydrogens is 368 g/mol. The van der Waals surface area contributed by atoms with Crippen LogP contribution in [0.25, 0.3) is 0 Å². The van der Waals surface area contributed by atoms with Gasteiger partial charge >= 0.3 is 0 Å². The molecule has 2 N–H and O–H groups in total. The van der Waals surface area contributed by atoms with Gasteiger partial charge in [-0.05, 0) is 37.8 Å². The van der Waals surface area contributed by atoms with Crippen molar-refractivity contribution in [2.45, 2.75) is 58.0 Å². The van der Waals surface area contributed by atoms with Gasteiger partial charge in [-0.25, -0.2) is 9.97 Å². The summed E-state index contributed by atoms with van der Waals surface area (Å²) in [4.78, 5) is 18.6. The molecule has 1 aromatic heterocycles. The van der Waals surface area contributed by atoms with Gasteiger partial charge in [0.1, 0.15) is 23.4 Å². The van der Waals surface area contributed by atoms with Crippen molar-refractivity contribution in [3.8, 4) is 17.6 Å². The fourth-order valence-electron chi connectivity index (χ4n) is 2.98. The van der Waals surface area contributed by atoms with Crippen LogP contribution in [-0.4, -0.2) is 29.1 Å². The normalized spacial score (nSPS) is 13.8. The van der Waals surface area contributed by atoms with Gasteiger partial charge in [0.2, 0.25) is 0 Å². The average molecular weight is 396 g/mol. The fraction of sp³-hybridized carbons (Fsp3) is 0.455. The maximum absolute atomic E-state index is 10.6. The molecule has 0 saturated heterocycles. The van der Waals surface area contributed by atoms with E-state index in [4.69, 9.17) is 20.5 Å². The molecule has 1 aliphatic rings. The number of aromatic nitrogens is 2. The van der Waals surface area contributed by atoms with E-state index in [1.807, 2.05) is 19.9 Å². The molecule has 0 radical (unpaired) electrons. The van der Waals surface area contributed by atoms with Crippen LogP contribution in [0.1, 0.15) is 73.6 Å². The molecule has 2 aromatic rings. The fourth-order valence-corrected chi connectivity index (χ4v) is 2.98. The van der Waals surface area contributed by atoms with Crippen LogP contribution in [0.4, 0.5) is 0 Å². The lowest BCUT2D eigenvalue weighted by Gasteiger charge is -2.23. The summed E-state index contributed by atoms with van der Waals surface area (Å²) < 4.78 is 11.1. The number of carbonyl (C=O) groups excluding carboxylic acids is 1. The molecule has 0 atom stereocenters. The Labute approximate surface area is 171 Å². The molecule has 1 amide bonds. The molecule has 0 aliphatic heterocycles. The number of carbonyl (C=O) groups is 1. The predicted octanol–water partition coefficient (Wildman–Crippen LogP) is 3.98. The van der Waals surface area contributed by atoms with Crippen molar-refractivity contribution in [2.75, 3.05) is 7.11 Å². The third-order valence-electron chi connectivity index (χ3n) is 4.62. The molecular formula is C22H28N4O3. The maximum atomic E-state index is 10.6. The zero-order valence-corrected chi connectivity index (χ0v) is 17.2. The molecule has 7 nitrogen and oxygen atoms in total. The third kappa shape index (κ3) is 6.75. The van der Waals surface area contributed by atoms with Crippen LogP contribution >= 0.6 is 0 Å². The van der Waals surface area contributed by atoms with E-state index in [0.717, 1.165) is 24.4 Å². The summed E-state index contributed by atoms with van der Waals surface area (Å²) in [6.07, 6.45) is 9.29. The first-order valence-electron chi connectivity index (χ1n) is 9.81. The van der Waals surface area contributed by atoms with Gasteiger partial charge in [-0.3, -0.25) is 4.79 Å². The van der Waals surface area contributed by atoms with Crippen LogP contribution in [0.3, 0.4) is 0 Å². The molecule has 1 fully saturated rings. The molecule has 7 heteroatoms. The van der Waals surface area contributed by atoms with Crippen molar-refractivity contribution in [2.24, 2.45) is 5.73 Å². The first kappa shape index (κ1) is 22.2. The maximum Gasteiger partial charge on any atom is 0.251 e. The van der Waals surface area contributed by atoms with Crippen molar-refractivity contribution in [1.82, 2.24) is 9.97 Å². The van der Waals surface area contributed by atoms with E-state index in [1.165, 1.54) is 31.7 Å². The van der Waals surface area contributed by atoms with E-state index in [2.05, 4.69) is 16.0 Å². The lowest BCUT2D eigenvalue weighted by Crippen LogP contribution is -2.19. The summed E-state index contributed by atoms with van der Waals surface area (Å²) in [5.41, 5.74) is 5.91. The number of rotatable bonds is 5. The first-order valence-corrected chi connectivity index (χ1v) is 9.81. The molecule has 0 bridgehead atoms. The summed E-state index contributed by atoms with van der Waals surface area (Å²) in [6, 6.07) is 7.49. The zero-order valence-electron chi connectivity index (χ0n) is 17.2. The second-order valence-corrected chi connectivity index (χ2v) is 7.20. The van der Waals surface area contributed by atoms with E-state index in [-0.39, 0.29) is 5.92 Å². The van der Waals surface area contributed by atoms with Crippen molar-refractivity contribution in [3.63, 3.8) is 0 Å². The topological polar surface area (TPSA) is 111 Å². The number of primary amides is 1. The van der Waals surface area contributed by atoms with Gasteiger partial charge in [0.15, 0.2) is 0 Å². The van der Waals surface area contributed by atoms with Gasteiger partial charge in [-0.2, -0.15) is 5.26 Å². The Morgan fingerprint density at radius 3 is 2.38 bits per heavy atom. The number of hydrogen-bond donors (Lipinski definition) is 1. The van der Waals surface area contributed by atoms with Crippen LogP contribution in [0.2, 0.25) is 0 Å². The lowest BCUT2D eigenvalue weighted by atomic mass is 9.98. The zero-order chi connectivity index (χ0) is 21.2. The summed E-state index contributed by atoms with van der Waals surface area (Å²) >= 11 is 0. The molecule has 0 spiro atoms. The second-order valence-electron chi connectivity index (χ2n) is 7.20. The highest BCUT2D eigenvalue weighted by Gasteiger charge is 2.15. The number of nitriles is 1. The summed E-state index contributed by atoms with van der Waals surface area (Å²) in [5.74, 6) is 1.88. The van der Waals surface area contributed by atoms with Crippen molar-refractivity contribution < 1.29 is 14.3 Å². The number of nitrogens with two attached hydrogens (primary N) is 1. The van der Waals surface area contributed by atoms with Gasteiger partial charge in [-0.1, -0.05) is 20.3 Å². The largest absolute Gasteiger partial charge is 0.495 e. The predicted molar refractivity (Wildman–Crippen MR) is 110 cm³/mol. The van der Waals surface area contributed by atoms with Crippen molar-refractivity contribution >= 4 is 5.91 Å². The minimum atomic E-state index is -0.495. The average Bonchev–Trinajstić information content (AvgIpc) is 2.75. The molecule has 1 heterocycles. The van der Waals surface area contributed by atoms with Crippen LogP contribution in [0.5, 0.6) is 11.5 Å². The van der Waals surface area contributed by atoms with Crippen LogP contribution in [0, 0.1) is 11.3 Å². The van der Waals surface area contributed by atoms with Crippen LogP contribution in [0.15, 0.2) is 30.6 Å². The minimum absolute atomic E-state index is 0.270. The highest BCUT2D eigenvalue weighted by Crippen LogP contribution is 2.28. The van der Waals surface area contributed by atoms with Gasteiger partial charge in [0.25, 0.3) is 5.91 Å². The van der Waals surface area contributed by atoms with E-state index in [9.17, 15) is 4.79 Å². The first-order chi connectivity index (χ1) is 13.9. The van der Waals surface area contributed by atoms with Crippen molar-refractivity contribution in [1.29, 1.82) is 5.26 Å². The Morgan fingerprint density at radius 1 is 1.21 bits per heavy atom. The van der Waals surface area contributed by atoms with Crippen LogP contribution in [-0.2, 0) is 0 Å². The second kappa shape index (κ2) is 11.0. The Hall–Kier alpha value is -3.14. The molecule has 3 rings (SSSR count). The Kier molecular flexibility index (Phi) is 8.41. The van der Waals surface area contributed by atoms with E-state index in [1.54, 1.807) is 19.2 Å². The molecule has 1 aliphatic carbocycles. The molecule has 0 unspecified atom stereocenters. The van der Waals surface area contributed by atoms with Gasteiger partial charge in [0.05, 0.1) is 24.3 Å². The van der Waals surface area contributed by atoms with E-state index >= 15 is 0 Å². The van der Waals surface area contributed by atoms with E-state index < -0.39 is 5.91 Å². The van der Waals surface area contributed by atoms with E-state index in [0.29, 0.717) is 23.0 Å². The Bertz CT molecular complexity index is 838. The number of benzene rings is 1. The summed E-state index contributed by atoms with van der Waals surface area (Å²) in [6.45, 7) is 3.97. The molecule has 29 heavy (non-hydrogen) atoms. The van der Waals surface area contributed by atoms with Gasteiger partial charge in [0, 0.05) is 24.4 Å². The van der Waals surface area contributed by atoms with Gasteiger partial charge in [-0.15, -0.1) is 0 Å². The smallest absolute Gasteiger partial charge is 0.251 e. The molecule has 1 aromatic carbocycles. The number of amides is 1. The summed E-state index contributed by atoms with van der Waals surface area (Å²) in [7, 11) is 1.57. The number of ether oxygens (including phenoxy) is 2. The van der Waals surface area contributed by atoms with Crippen molar-refractivity contribution in [3.05, 3.63) is 47.5 Å². The number of hydrogen-bond acceptors (Lipinski definition) is 6. The lowest BCUT2D eigenvalue weighted by molar-refractivity contribution is 0.0999. The standard InChI is InChI=1S/C14H17NO2.C8H11N3O/c1-16-14-9-13(8-7-11(14)10-15)17-12-5-3-2-4-6-12;1-5(2)8-10-3-6(4-11-8)7(9)12/h7-9,12H,2-6H2,1H3;3-5H,1-2H3,(H2,9,12). The quantitative estimate of drug-likeness (QED) is 0.818. The highest BCUT2D eigenvalue weighted by molar-refractivity contribution is 5.92. The third-order valence-corrected chi connectivity index (χ3v) is 4.62. The highest BCUT2D eigenvalue weighted by atomic mass is 16.5. The van der Waals surface area contributed by atoms with Gasteiger partial charge < -0.3 is 15.2 Å². The summed E-state index contributed by atoms with van der Waals surface area (Å²) in [5, 5.41) is 8.89. The number of nitrogens with zero attached hydrogens (tertiary/aromatic N) is 3. The molecule has 1 saturated carbocycles. The Morgan fingerprint density at radius 2 is 1.86 bits per heavy atom. The monoisotopic (exact) mass is 396 g/mol.